The summed E-state index contributed by atoms with van der Waals surface area (Å²) in [5.41, 5.74) is 13.3. The molecule has 0 radical (unpaired) electrons. The highest BCUT2D eigenvalue weighted by Crippen LogP contribution is 2.75. The molecule has 3 heterocycles. The first-order valence-corrected chi connectivity index (χ1v) is 25.6. The van der Waals surface area contributed by atoms with Crippen molar-refractivity contribution in [3.05, 3.63) is 215 Å². The molecular weight excluding hydrogens is 719 g/mol. The van der Waals surface area contributed by atoms with Crippen molar-refractivity contribution in [2.75, 3.05) is 18.9 Å². The maximum absolute atomic E-state index is 3.13. The molecule has 0 aromatic heterocycles. The van der Waals surface area contributed by atoms with E-state index >= 15 is 0 Å². The Kier molecular flexibility index (Phi) is 12.0. The van der Waals surface area contributed by atoms with Crippen molar-refractivity contribution in [3.8, 4) is 0 Å². The van der Waals surface area contributed by atoms with Gasteiger partial charge in [0.2, 0.25) is 0 Å². The van der Waals surface area contributed by atoms with E-state index in [2.05, 4.69) is 187 Å². The molecule has 3 aliphatic heterocycles. The minimum atomic E-state index is -0.332. The molecule has 3 fully saturated rings. The van der Waals surface area contributed by atoms with Crippen LogP contribution in [0.3, 0.4) is 0 Å². The molecule has 0 amide bonds. The Morgan fingerprint density at radius 3 is 0.600 bits per heavy atom. The predicted octanol–water partition coefficient (Wildman–Crippen LogP) is 15.4. The van der Waals surface area contributed by atoms with Crippen LogP contribution < -0.4 is 0 Å². The second-order valence-electron chi connectivity index (χ2n) is 15.9. The van der Waals surface area contributed by atoms with E-state index in [1.165, 1.54) is 57.4 Å². The molecule has 0 aliphatic carbocycles. The van der Waals surface area contributed by atoms with Gasteiger partial charge in [0.1, 0.15) is 0 Å². The average Bonchev–Trinajstić information content (AvgIpc) is 4.00. The lowest BCUT2D eigenvalue weighted by molar-refractivity contribution is 0.430. The van der Waals surface area contributed by atoms with Gasteiger partial charge in [0.25, 0.3) is 0 Å². The highest BCUT2D eigenvalue weighted by molar-refractivity contribution is 7.60. The summed E-state index contributed by atoms with van der Waals surface area (Å²) >= 11 is 0. The summed E-state index contributed by atoms with van der Waals surface area (Å²) in [6.07, 6.45) is 11.5. The third-order valence-electron chi connectivity index (χ3n) is 12.7. The largest absolute Gasteiger partial charge is 0.291 e. The van der Waals surface area contributed by atoms with Crippen LogP contribution >= 0.6 is 23.8 Å². The quantitative estimate of drug-likeness (QED) is 0.112. The molecule has 0 unspecified atom stereocenters. The minimum Gasteiger partial charge on any atom is -0.291 e. The molecule has 3 aliphatic rings. The van der Waals surface area contributed by atoms with Gasteiger partial charge in [-0.25, -0.2) is 0 Å². The highest BCUT2D eigenvalue weighted by Gasteiger charge is 2.44. The summed E-state index contributed by atoms with van der Waals surface area (Å²) < 4.78 is 0. The van der Waals surface area contributed by atoms with E-state index in [-0.39, 0.29) is 23.8 Å². The molecule has 9 rings (SSSR count). The van der Waals surface area contributed by atoms with Crippen molar-refractivity contribution in [2.24, 2.45) is 0 Å². The van der Waals surface area contributed by atoms with Crippen LogP contribution in [0.1, 0.15) is 106 Å². The zero-order valence-electron chi connectivity index (χ0n) is 31.9. The van der Waals surface area contributed by atoms with E-state index in [0.29, 0.717) is 34.0 Å². The van der Waals surface area contributed by atoms with E-state index in [0.717, 1.165) is 0 Å². The van der Waals surface area contributed by atoms with Crippen LogP contribution in [0.2, 0.25) is 0 Å². The molecule has 55 heavy (non-hydrogen) atoms. The van der Waals surface area contributed by atoms with E-state index < -0.39 is 0 Å². The molecule has 6 atom stereocenters. The molecule has 0 saturated carbocycles. The smallest absolute Gasteiger partial charge is 0.0202 e. The Labute approximate surface area is 333 Å². The molecule has 4 heteroatoms. The summed E-state index contributed by atoms with van der Waals surface area (Å²) in [5, 5.41) is 0. The Bertz CT molecular complexity index is 1660. The first kappa shape index (κ1) is 37.2. The van der Waals surface area contributed by atoms with Crippen molar-refractivity contribution >= 4 is 23.8 Å². The van der Waals surface area contributed by atoms with Crippen LogP contribution in [0, 0.1) is 0 Å². The monoisotopic (exact) mass is 773 g/mol. The number of rotatable bonds is 12. The molecule has 0 N–H and O–H groups in total. The minimum absolute atomic E-state index is 0.332. The van der Waals surface area contributed by atoms with Crippen LogP contribution in [-0.2, 0) is 0 Å². The molecule has 0 bridgehead atoms. The van der Waals surface area contributed by atoms with Gasteiger partial charge in [-0.1, -0.05) is 206 Å². The zero-order valence-corrected chi connectivity index (χ0v) is 34.6. The Morgan fingerprint density at radius 1 is 0.273 bits per heavy atom. The Morgan fingerprint density at radius 2 is 0.436 bits per heavy atom. The lowest BCUT2D eigenvalue weighted by Crippen LogP contribution is -2.28. The molecule has 6 aromatic carbocycles. The fourth-order valence-electron chi connectivity index (χ4n) is 10.2. The van der Waals surface area contributed by atoms with Gasteiger partial charge in [0.15, 0.2) is 0 Å². The van der Waals surface area contributed by atoms with Crippen molar-refractivity contribution < 1.29 is 0 Å². The SMILES string of the molecule is c1ccc([C@@H]2CC[C@@H](c3ccccc3)P2CN(CP2[C@H](c3ccccc3)CC[C@H]2c2ccccc2)CP2[C@H](c3ccccc3)CC[C@H]2c2ccccc2)cc1. The van der Waals surface area contributed by atoms with E-state index in [4.69, 9.17) is 0 Å². The zero-order chi connectivity index (χ0) is 36.8. The fourth-order valence-corrected chi connectivity index (χ4v) is 21.4. The van der Waals surface area contributed by atoms with Gasteiger partial charge in [0.05, 0.1) is 0 Å². The summed E-state index contributed by atoms with van der Waals surface area (Å²) in [6, 6.07) is 69.8. The molecule has 3 saturated heterocycles. The van der Waals surface area contributed by atoms with Crippen molar-refractivity contribution in [1.29, 1.82) is 0 Å². The Balaban J connectivity index is 1.13. The van der Waals surface area contributed by atoms with Crippen molar-refractivity contribution in [2.45, 2.75) is 72.5 Å². The fraction of sp³-hybridized carbons (Fsp3) is 0.294. The molecule has 6 aromatic rings. The van der Waals surface area contributed by atoms with Gasteiger partial charge >= 0.3 is 0 Å². The van der Waals surface area contributed by atoms with Crippen LogP contribution in [0.25, 0.3) is 0 Å². The summed E-state index contributed by atoms with van der Waals surface area (Å²) in [5.74, 6) is 0. The van der Waals surface area contributed by atoms with Crippen LogP contribution in [0.4, 0.5) is 0 Å². The predicted molar refractivity (Wildman–Crippen MR) is 240 cm³/mol. The maximum atomic E-state index is 3.13. The van der Waals surface area contributed by atoms with Crippen LogP contribution in [-0.4, -0.2) is 23.8 Å². The Hall–Kier alpha value is -3.43. The first-order valence-electron chi connectivity index (χ1n) is 20.6. The number of nitrogens with zero attached hydrogens (tertiary/aromatic N) is 1. The summed E-state index contributed by atoms with van der Waals surface area (Å²) in [4.78, 5) is 3.13. The van der Waals surface area contributed by atoms with Crippen molar-refractivity contribution in [1.82, 2.24) is 4.90 Å². The lowest BCUT2D eigenvalue weighted by Gasteiger charge is -2.40. The second kappa shape index (κ2) is 17.8. The number of benzene rings is 6. The normalized spacial score (nSPS) is 24.8. The van der Waals surface area contributed by atoms with E-state index in [9.17, 15) is 0 Å². The lowest BCUT2D eigenvalue weighted by atomic mass is 10.0. The molecule has 0 spiro atoms. The van der Waals surface area contributed by atoms with Crippen molar-refractivity contribution in [3.63, 3.8) is 0 Å². The third kappa shape index (κ3) is 8.34. The average molecular weight is 774 g/mol. The number of hydrogen-bond donors (Lipinski definition) is 0. The maximum Gasteiger partial charge on any atom is 0.0202 e. The number of hydrogen-bond acceptors (Lipinski definition) is 1. The van der Waals surface area contributed by atoms with Gasteiger partial charge in [-0.05, 0) is 71.9 Å². The molecular formula is C51H54NP3. The standard InChI is InChI=1S/C51H54NP3/c1-7-19-40(20-8-1)46-31-32-47(41-21-9-2-10-22-41)53(46)37-52(38-54-48(42-23-11-3-12-24-42)33-34-49(54)43-25-13-4-14-26-43)39-55-50(44-27-15-5-16-28-44)35-36-51(55)45-29-17-6-18-30-45/h1-30,46-51H,31-39H2/t46-,47-,48-,49-,50-,51-/m0/s1. The van der Waals surface area contributed by atoms with Gasteiger partial charge in [0, 0.05) is 52.8 Å². The van der Waals surface area contributed by atoms with Gasteiger partial charge in [-0.15, -0.1) is 0 Å². The van der Waals surface area contributed by atoms with Gasteiger partial charge in [-0.2, -0.15) is 0 Å². The topological polar surface area (TPSA) is 3.24 Å². The molecule has 1 nitrogen and oxygen atoms in total. The van der Waals surface area contributed by atoms with Crippen LogP contribution in [0.15, 0.2) is 182 Å². The van der Waals surface area contributed by atoms with Gasteiger partial charge in [-0.3, -0.25) is 4.90 Å². The van der Waals surface area contributed by atoms with E-state index in [1.54, 1.807) is 33.4 Å². The van der Waals surface area contributed by atoms with Crippen LogP contribution in [0.5, 0.6) is 0 Å². The summed E-state index contributed by atoms with van der Waals surface area (Å²) in [7, 11) is -0.995. The highest BCUT2D eigenvalue weighted by atomic mass is 31.1. The first-order chi connectivity index (χ1) is 27.3. The molecule has 278 valence electrons. The van der Waals surface area contributed by atoms with Gasteiger partial charge < -0.3 is 0 Å². The second-order valence-corrected chi connectivity index (χ2v) is 23.6. The van der Waals surface area contributed by atoms with E-state index in [1.807, 2.05) is 0 Å². The third-order valence-corrected chi connectivity index (χ3v) is 23.1. The summed E-state index contributed by atoms with van der Waals surface area (Å²) in [6.45, 7) is 0.